The third-order valence-corrected chi connectivity index (χ3v) is 10.00. The second-order valence-electron chi connectivity index (χ2n) is 13.6. The fraction of sp³-hybridized carbons (Fsp3) is 0.0800. The molecule has 1 heterocycles. The van der Waals surface area contributed by atoms with E-state index in [1.54, 1.807) is 0 Å². The van der Waals surface area contributed by atoms with Crippen molar-refractivity contribution in [2.45, 2.75) is 19.3 Å². The van der Waals surface area contributed by atoms with Crippen LogP contribution in [0.15, 0.2) is 211 Å². The van der Waals surface area contributed by atoms with Crippen molar-refractivity contribution in [1.82, 2.24) is 4.98 Å². The smallest absolute Gasteiger partial charge is 0.0788 e. The van der Waals surface area contributed by atoms with Gasteiger partial charge < -0.3 is 5.73 Å². The van der Waals surface area contributed by atoms with Gasteiger partial charge in [-0.15, -0.1) is 0 Å². The van der Waals surface area contributed by atoms with Gasteiger partial charge in [0.15, 0.2) is 0 Å². The molecule has 0 radical (unpaired) electrons. The Morgan fingerprint density at radius 1 is 0.660 bits per heavy atom. The van der Waals surface area contributed by atoms with E-state index in [9.17, 15) is 0 Å². The third kappa shape index (κ3) is 7.42. The van der Waals surface area contributed by atoms with Crippen molar-refractivity contribution in [1.29, 1.82) is 0 Å². The largest absolute Gasteiger partial charge is 0.398 e. The summed E-state index contributed by atoms with van der Waals surface area (Å²) in [4.78, 5) is 10.6. The molecule has 5 aromatic carbocycles. The van der Waals surface area contributed by atoms with Gasteiger partial charge in [-0.3, -0.25) is 4.99 Å². The summed E-state index contributed by atoms with van der Waals surface area (Å²) in [6, 6.07) is 47.1. The number of pyridine rings is 1. The number of fused-ring (bicyclic) bond motifs is 1. The van der Waals surface area contributed by atoms with E-state index in [0.29, 0.717) is 0 Å². The zero-order chi connectivity index (χ0) is 36.0. The van der Waals surface area contributed by atoms with E-state index in [0.717, 1.165) is 103 Å². The van der Waals surface area contributed by atoms with Crippen LogP contribution in [0.1, 0.15) is 24.8 Å². The lowest BCUT2D eigenvalue weighted by Gasteiger charge is -2.18. The predicted molar refractivity (Wildman–Crippen MR) is 224 cm³/mol. The Bertz CT molecular complexity index is 2480. The maximum Gasteiger partial charge on any atom is 0.0788 e. The molecule has 3 nitrogen and oxygen atoms in total. The Morgan fingerprint density at radius 3 is 1.94 bits per heavy atom. The van der Waals surface area contributed by atoms with Crippen LogP contribution in [0.4, 0.5) is 0 Å². The number of hydrogen-bond donors (Lipinski definition) is 1. The standard InChI is InChI=1S/C50H41N3/c1-35(36-17-7-2-8-18-36)52-48(34-47(51)38-21-11-4-12-22-38)44-30-28-41-31-43(29-27-42(41)32-44)46-33-45(37-19-9-3-10-20-37)49(39-23-13-5-14-24-39)53-50(46)40-25-15-6-16-26-40/h2-11,13-17,19-21,23-34,36H,1,12,18,22,51H2/b47-34-,52-48?. The van der Waals surface area contributed by atoms with E-state index in [4.69, 9.17) is 15.7 Å². The summed E-state index contributed by atoms with van der Waals surface area (Å²) in [6.45, 7) is 4.38. The molecule has 1 unspecified atom stereocenters. The van der Waals surface area contributed by atoms with Crippen LogP contribution in [0.3, 0.4) is 0 Å². The molecule has 6 aromatic rings. The maximum absolute atomic E-state index is 6.72. The van der Waals surface area contributed by atoms with E-state index >= 15 is 0 Å². The molecule has 2 aliphatic rings. The van der Waals surface area contributed by atoms with Crippen molar-refractivity contribution in [2.24, 2.45) is 16.6 Å². The summed E-state index contributed by atoms with van der Waals surface area (Å²) < 4.78 is 0. The normalized spacial score (nSPS) is 15.8. The van der Waals surface area contributed by atoms with Gasteiger partial charge in [0.2, 0.25) is 0 Å². The summed E-state index contributed by atoms with van der Waals surface area (Å²) in [5, 5.41) is 2.25. The minimum atomic E-state index is 0.158. The second-order valence-corrected chi connectivity index (χ2v) is 13.6. The highest BCUT2D eigenvalue weighted by molar-refractivity contribution is 6.11. The molecule has 8 rings (SSSR count). The molecular weight excluding hydrogens is 643 g/mol. The first-order valence-electron chi connectivity index (χ1n) is 18.3. The van der Waals surface area contributed by atoms with Crippen LogP contribution in [-0.2, 0) is 0 Å². The molecule has 1 aromatic heterocycles. The zero-order valence-electron chi connectivity index (χ0n) is 29.7. The second kappa shape index (κ2) is 15.3. The van der Waals surface area contributed by atoms with Gasteiger partial charge in [0.25, 0.3) is 0 Å². The number of rotatable bonds is 9. The van der Waals surface area contributed by atoms with Crippen LogP contribution in [0, 0.1) is 5.92 Å². The van der Waals surface area contributed by atoms with Crippen molar-refractivity contribution in [2.75, 3.05) is 0 Å². The molecule has 53 heavy (non-hydrogen) atoms. The lowest BCUT2D eigenvalue weighted by molar-refractivity contribution is 0.760. The van der Waals surface area contributed by atoms with E-state index in [-0.39, 0.29) is 5.92 Å². The Hall–Kier alpha value is -6.58. The van der Waals surface area contributed by atoms with Crippen LogP contribution < -0.4 is 5.73 Å². The number of aromatic nitrogens is 1. The first kappa shape index (κ1) is 33.6. The van der Waals surface area contributed by atoms with E-state index in [1.165, 1.54) is 0 Å². The van der Waals surface area contributed by atoms with Crippen molar-refractivity contribution < 1.29 is 0 Å². The number of benzene rings is 5. The average Bonchev–Trinajstić information content (AvgIpc) is 3.24. The van der Waals surface area contributed by atoms with Crippen molar-refractivity contribution >= 4 is 16.5 Å². The molecule has 0 bridgehead atoms. The van der Waals surface area contributed by atoms with Gasteiger partial charge in [-0.25, -0.2) is 4.98 Å². The summed E-state index contributed by atoms with van der Waals surface area (Å²) in [5.74, 6) is 0.158. The quantitative estimate of drug-likeness (QED) is 0.154. The lowest BCUT2D eigenvalue weighted by atomic mass is 9.91. The maximum atomic E-state index is 6.72. The molecular formula is C50H41N3. The van der Waals surface area contributed by atoms with E-state index in [1.807, 2.05) is 12.1 Å². The van der Waals surface area contributed by atoms with Crippen LogP contribution in [0.2, 0.25) is 0 Å². The monoisotopic (exact) mass is 683 g/mol. The van der Waals surface area contributed by atoms with Gasteiger partial charge in [-0.1, -0.05) is 164 Å². The van der Waals surface area contributed by atoms with Gasteiger partial charge >= 0.3 is 0 Å². The minimum Gasteiger partial charge on any atom is -0.398 e. The fourth-order valence-electron chi connectivity index (χ4n) is 7.10. The molecule has 0 saturated carbocycles. The Labute approximate surface area is 312 Å². The molecule has 3 heteroatoms. The molecule has 0 saturated heterocycles. The average molecular weight is 684 g/mol. The van der Waals surface area contributed by atoms with Gasteiger partial charge in [-0.05, 0) is 71.0 Å². The van der Waals surface area contributed by atoms with Gasteiger partial charge in [0.05, 0.1) is 17.1 Å². The summed E-state index contributed by atoms with van der Waals surface area (Å²) in [6.07, 6.45) is 19.7. The Morgan fingerprint density at radius 2 is 1.30 bits per heavy atom. The zero-order valence-corrected chi connectivity index (χ0v) is 29.7. The van der Waals surface area contributed by atoms with Gasteiger partial charge in [0.1, 0.15) is 0 Å². The highest BCUT2D eigenvalue weighted by Gasteiger charge is 2.18. The Balaban J connectivity index is 1.25. The van der Waals surface area contributed by atoms with Crippen molar-refractivity contribution in [3.8, 4) is 44.8 Å². The molecule has 1 atom stereocenters. The summed E-state index contributed by atoms with van der Waals surface area (Å²) in [7, 11) is 0. The topological polar surface area (TPSA) is 51.3 Å². The molecule has 2 N–H and O–H groups in total. The Kier molecular flexibility index (Phi) is 9.72. The molecule has 0 fully saturated rings. The first-order valence-corrected chi connectivity index (χ1v) is 18.3. The van der Waals surface area contributed by atoms with Crippen LogP contribution >= 0.6 is 0 Å². The highest BCUT2D eigenvalue weighted by atomic mass is 14.8. The molecule has 0 aliphatic heterocycles. The van der Waals surface area contributed by atoms with Crippen LogP contribution in [0.25, 0.3) is 55.5 Å². The minimum absolute atomic E-state index is 0.158. The lowest BCUT2D eigenvalue weighted by Crippen LogP contribution is -2.09. The fourth-order valence-corrected chi connectivity index (χ4v) is 7.10. The highest BCUT2D eigenvalue weighted by Crippen LogP contribution is 2.40. The van der Waals surface area contributed by atoms with Gasteiger partial charge in [0, 0.05) is 45.1 Å². The molecule has 0 amide bonds. The van der Waals surface area contributed by atoms with Crippen molar-refractivity contribution in [3.05, 3.63) is 211 Å². The number of aliphatic imine (C=N–C) groups is 1. The third-order valence-electron chi connectivity index (χ3n) is 10.00. The summed E-state index contributed by atoms with van der Waals surface area (Å²) >= 11 is 0. The number of nitrogens with zero attached hydrogens (tertiary/aromatic N) is 2. The number of allylic oxidation sites excluding steroid dienone is 9. The molecule has 256 valence electrons. The van der Waals surface area contributed by atoms with E-state index in [2.05, 4.69) is 177 Å². The van der Waals surface area contributed by atoms with E-state index < -0.39 is 0 Å². The first-order chi connectivity index (χ1) is 26.1. The van der Waals surface area contributed by atoms with Crippen LogP contribution in [-0.4, -0.2) is 10.7 Å². The van der Waals surface area contributed by atoms with Crippen LogP contribution in [0.5, 0.6) is 0 Å². The number of nitrogens with two attached hydrogens (primary N) is 1. The SMILES string of the molecule is C=C(N=C(/C=C(\N)C1=CC=CCC1)c1ccc2cc(-c3cc(-c4ccccc4)c(-c4ccccc4)nc3-c3ccccc3)ccc2c1)C1C=CC=CC1. The van der Waals surface area contributed by atoms with Gasteiger partial charge in [-0.2, -0.15) is 0 Å². The number of hydrogen-bond acceptors (Lipinski definition) is 3. The van der Waals surface area contributed by atoms with Crippen molar-refractivity contribution in [3.63, 3.8) is 0 Å². The molecule has 0 spiro atoms. The summed E-state index contributed by atoms with van der Waals surface area (Å²) in [5.41, 5.74) is 19.7. The molecule has 2 aliphatic carbocycles. The predicted octanol–water partition coefficient (Wildman–Crippen LogP) is 12.5.